The summed E-state index contributed by atoms with van der Waals surface area (Å²) in [7, 11) is 0. The summed E-state index contributed by atoms with van der Waals surface area (Å²) in [6.45, 7) is 2.79. The van der Waals surface area contributed by atoms with Crippen LogP contribution in [0.2, 0.25) is 5.02 Å². The topological polar surface area (TPSA) is 104 Å². The molecule has 1 atom stereocenters. The number of azide groups is 1. The minimum absolute atomic E-state index is 0.379. The number of benzene rings is 1. The van der Waals surface area contributed by atoms with E-state index >= 15 is 0 Å². The second kappa shape index (κ2) is 7.63. The highest BCUT2D eigenvalue weighted by molar-refractivity contribution is 6.31. The molecule has 1 unspecified atom stereocenters. The molecule has 1 aromatic rings. The number of hydrogen-bond acceptors (Lipinski definition) is 3. The molecule has 0 fully saturated rings. The van der Waals surface area contributed by atoms with E-state index in [1.54, 1.807) is 6.07 Å². The Bertz CT molecular complexity index is 499. The highest BCUT2D eigenvalue weighted by atomic mass is 35.5. The van der Waals surface area contributed by atoms with Gasteiger partial charge < -0.3 is 11.1 Å². The summed E-state index contributed by atoms with van der Waals surface area (Å²) in [5, 5.41) is 7.04. The van der Waals surface area contributed by atoms with Gasteiger partial charge in [-0.05, 0) is 42.6 Å². The lowest BCUT2D eigenvalue weighted by Crippen LogP contribution is -2.34. The quantitative estimate of drug-likeness (QED) is 0.347. The molecule has 1 aromatic carbocycles. The van der Waals surface area contributed by atoms with Crippen LogP contribution < -0.4 is 11.1 Å². The van der Waals surface area contributed by atoms with Gasteiger partial charge in [0.15, 0.2) is 0 Å². The number of hydrogen-bond donors (Lipinski definition) is 2. The van der Waals surface area contributed by atoms with Crippen LogP contribution in [0.15, 0.2) is 23.3 Å². The zero-order valence-corrected chi connectivity index (χ0v) is 11.4. The molecule has 6 nitrogen and oxygen atoms in total. The summed E-state index contributed by atoms with van der Waals surface area (Å²) in [6.07, 6.45) is 0.632. The molecule has 0 saturated heterocycles. The van der Waals surface area contributed by atoms with Crippen LogP contribution in [0.4, 0.5) is 0 Å². The average Bonchev–Trinajstić information content (AvgIpc) is 2.37. The number of carbonyl (C=O) groups excluding carboxylic acids is 1. The normalized spacial score (nSPS) is 11.7. The largest absolute Gasteiger partial charge is 0.368 e. The number of halogens is 1. The number of nitrogens with one attached hydrogen (secondary N) is 1. The van der Waals surface area contributed by atoms with E-state index in [2.05, 4.69) is 15.3 Å². The van der Waals surface area contributed by atoms with Crippen molar-refractivity contribution < 1.29 is 4.79 Å². The second-order valence-electron chi connectivity index (χ2n) is 4.11. The summed E-state index contributed by atoms with van der Waals surface area (Å²) in [6, 6.07) is 4.79. The van der Waals surface area contributed by atoms with Gasteiger partial charge >= 0.3 is 0 Å². The van der Waals surface area contributed by atoms with E-state index in [4.69, 9.17) is 22.9 Å². The molecule has 19 heavy (non-hydrogen) atoms. The average molecular weight is 282 g/mol. The van der Waals surface area contributed by atoms with Gasteiger partial charge in [0.25, 0.3) is 0 Å². The molecule has 0 saturated carbocycles. The van der Waals surface area contributed by atoms with Crippen molar-refractivity contribution in [2.75, 3.05) is 13.1 Å². The van der Waals surface area contributed by atoms with E-state index < -0.39 is 11.9 Å². The lowest BCUT2D eigenvalue weighted by Gasteiger charge is -2.16. The number of nitrogens with two attached hydrogens (primary N) is 1. The maximum absolute atomic E-state index is 11.5. The van der Waals surface area contributed by atoms with E-state index in [-0.39, 0.29) is 0 Å². The van der Waals surface area contributed by atoms with Crippen molar-refractivity contribution in [2.45, 2.75) is 19.4 Å². The summed E-state index contributed by atoms with van der Waals surface area (Å²) in [5.74, 6) is -0.469. The molecule has 3 N–H and O–H groups in total. The van der Waals surface area contributed by atoms with Gasteiger partial charge in [-0.15, -0.1) is 0 Å². The summed E-state index contributed by atoms with van der Waals surface area (Å²) < 4.78 is 0. The fourth-order valence-corrected chi connectivity index (χ4v) is 1.80. The van der Waals surface area contributed by atoms with Gasteiger partial charge in [-0.25, -0.2) is 0 Å². The van der Waals surface area contributed by atoms with E-state index in [0.717, 1.165) is 11.1 Å². The van der Waals surface area contributed by atoms with Crippen molar-refractivity contribution in [3.8, 4) is 0 Å². The first kappa shape index (κ1) is 15.3. The Balaban J connectivity index is 2.69. The molecular formula is C12H16ClN5O. The first-order valence-electron chi connectivity index (χ1n) is 5.86. The molecular weight excluding hydrogens is 266 g/mol. The predicted octanol–water partition coefficient (Wildman–Crippen LogP) is 2.46. The molecule has 0 radical (unpaired) electrons. The Kier molecular flexibility index (Phi) is 6.15. The van der Waals surface area contributed by atoms with Crippen molar-refractivity contribution in [3.63, 3.8) is 0 Å². The predicted molar refractivity (Wildman–Crippen MR) is 74.8 cm³/mol. The summed E-state index contributed by atoms with van der Waals surface area (Å²) in [4.78, 5) is 14.1. The maximum atomic E-state index is 11.5. The van der Waals surface area contributed by atoms with Crippen LogP contribution in [0.25, 0.3) is 10.4 Å². The minimum atomic E-state index is -0.593. The fraction of sp³-hybridized carbons (Fsp3) is 0.417. The standard InChI is InChI=1S/C12H16ClN5O/c1-8-3-4-9(7-10(8)13)11(12(14)19)16-5-2-6-17-18-15/h3-4,7,11,16H,2,5-6H2,1H3,(H2,14,19). The zero-order valence-electron chi connectivity index (χ0n) is 10.6. The summed E-state index contributed by atoms with van der Waals surface area (Å²) >= 11 is 6.03. The third kappa shape index (κ3) is 4.79. The Morgan fingerprint density at radius 3 is 2.95 bits per heavy atom. The Hall–Kier alpha value is -1.75. The monoisotopic (exact) mass is 281 g/mol. The number of carbonyl (C=O) groups is 1. The fourth-order valence-electron chi connectivity index (χ4n) is 1.61. The Morgan fingerprint density at radius 1 is 1.63 bits per heavy atom. The molecule has 1 rings (SSSR count). The molecule has 7 heteroatoms. The number of amides is 1. The van der Waals surface area contributed by atoms with Crippen molar-refractivity contribution >= 4 is 17.5 Å². The van der Waals surface area contributed by atoms with Gasteiger partial charge in [-0.3, -0.25) is 4.79 Å². The molecule has 0 heterocycles. The molecule has 0 aromatic heterocycles. The van der Waals surface area contributed by atoms with Crippen LogP contribution in [0.3, 0.4) is 0 Å². The van der Waals surface area contributed by atoms with Crippen LogP contribution >= 0.6 is 11.6 Å². The molecule has 0 aliphatic carbocycles. The Labute approximate surface area is 116 Å². The molecule has 0 aliphatic rings. The van der Waals surface area contributed by atoms with Crippen LogP contribution in [0, 0.1) is 6.92 Å². The van der Waals surface area contributed by atoms with Gasteiger partial charge in [0, 0.05) is 16.5 Å². The third-order valence-electron chi connectivity index (χ3n) is 2.66. The minimum Gasteiger partial charge on any atom is -0.368 e. The number of aryl methyl sites for hydroxylation is 1. The van der Waals surface area contributed by atoms with Gasteiger partial charge in [-0.2, -0.15) is 0 Å². The number of rotatable bonds is 7. The van der Waals surface area contributed by atoms with Crippen molar-refractivity contribution in [1.29, 1.82) is 0 Å². The van der Waals surface area contributed by atoms with Crippen molar-refractivity contribution in [2.24, 2.45) is 10.8 Å². The van der Waals surface area contributed by atoms with Gasteiger partial charge in [0.1, 0.15) is 6.04 Å². The van der Waals surface area contributed by atoms with E-state index in [9.17, 15) is 4.79 Å². The first-order valence-corrected chi connectivity index (χ1v) is 6.23. The van der Waals surface area contributed by atoms with Crippen molar-refractivity contribution in [1.82, 2.24) is 5.32 Å². The van der Waals surface area contributed by atoms with Crippen LogP contribution in [0.5, 0.6) is 0 Å². The molecule has 0 aliphatic heterocycles. The zero-order chi connectivity index (χ0) is 14.3. The van der Waals surface area contributed by atoms with E-state index in [0.29, 0.717) is 24.5 Å². The van der Waals surface area contributed by atoms with Gasteiger partial charge in [0.2, 0.25) is 5.91 Å². The molecule has 0 spiro atoms. The molecule has 1 amide bonds. The second-order valence-corrected chi connectivity index (χ2v) is 4.51. The number of nitrogens with zero attached hydrogens (tertiary/aromatic N) is 3. The van der Waals surface area contributed by atoms with Gasteiger partial charge in [-0.1, -0.05) is 28.8 Å². The van der Waals surface area contributed by atoms with E-state index in [1.807, 2.05) is 19.1 Å². The summed E-state index contributed by atoms with van der Waals surface area (Å²) in [5.41, 5.74) is 15.2. The SMILES string of the molecule is Cc1ccc(C(NCCCN=[N+]=[N-])C(N)=O)cc1Cl. The molecule has 102 valence electrons. The highest BCUT2D eigenvalue weighted by Crippen LogP contribution is 2.21. The maximum Gasteiger partial charge on any atom is 0.239 e. The van der Waals surface area contributed by atoms with Crippen molar-refractivity contribution in [3.05, 3.63) is 44.8 Å². The van der Waals surface area contributed by atoms with Crippen LogP contribution in [-0.4, -0.2) is 19.0 Å². The first-order chi connectivity index (χ1) is 9.06. The van der Waals surface area contributed by atoms with E-state index in [1.165, 1.54) is 0 Å². The Morgan fingerprint density at radius 2 is 2.37 bits per heavy atom. The number of primary amides is 1. The highest BCUT2D eigenvalue weighted by Gasteiger charge is 2.17. The van der Waals surface area contributed by atoms with Gasteiger partial charge in [0.05, 0.1) is 0 Å². The smallest absolute Gasteiger partial charge is 0.239 e. The molecule has 0 bridgehead atoms. The van der Waals surface area contributed by atoms with Crippen LogP contribution in [0.1, 0.15) is 23.6 Å². The third-order valence-corrected chi connectivity index (χ3v) is 3.07. The lowest BCUT2D eigenvalue weighted by atomic mass is 10.0. The lowest BCUT2D eigenvalue weighted by molar-refractivity contribution is -0.120. The van der Waals surface area contributed by atoms with Crippen LogP contribution in [-0.2, 0) is 4.79 Å².